The van der Waals surface area contributed by atoms with Crippen LogP contribution in [0.1, 0.15) is 86.5 Å². The van der Waals surface area contributed by atoms with E-state index in [1.165, 1.54) is 51.4 Å². The van der Waals surface area contributed by atoms with Crippen LogP contribution in [0.3, 0.4) is 0 Å². The summed E-state index contributed by atoms with van der Waals surface area (Å²) in [5.74, 6) is 3.79. The van der Waals surface area contributed by atoms with Gasteiger partial charge in [-0.15, -0.1) is 0 Å². The van der Waals surface area contributed by atoms with Crippen LogP contribution in [0.25, 0.3) is 0 Å². The van der Waals surface area contributed by atoms with Crippen molar-refractivity contribution >= 4 is 0 Å². The van der Waals surface area contributed by atoms with Gasteiger partial charge in [-0.1, -0.05) is 51.5 Å². The Labute approximate surface area is 144 Å². The van der Waals surface area contributed by atoms with Gasteiger partial charge in [0.25, 0.3) is 0 Å². The van der Waals surface area contributed by atoms with Crippen molar-refractivity contribution in [1.29, 1.82) is 0 Å². The number of fused-ring (bicyclic) bond motifs is 5. The Morgan fingerprint density at radius 2 is 1.87 bits per heavy atom. The predicted molar refractivity (Wildman–Crippen MR) is 101 cm³/mol. The largest absolute Gasteiger partial charge is 0.0879 e. The van der Waals surface area contributed by atoms with Crippen LogP contribution in [0, 0.1) is 34.5 Å². The molecule has 0 spiro atoms. The van der Waals surface area contributed by atoms with E-state index in [0.29, 0.717) is 10.8 Å². The zero-order valence-corrected chi connectivity index (χ0v) is 15.1. The van der Waals surface area contributed by atoms with Crippen LogP contribution in [-0.4, -0.2) is 0 Å². The number of hydrogen-bond acceptors (Lipinski definition) is 0. The Morgan fingerprint density at radius 3 is 2.61 bits per heavy atom. The molecule has 0 saturated heterocycles. The third-order valence-corrected chi connectivity index (χ3v) is 8.49. The van der Waals surface area contributed by atoms with Gasteiger partial charge < -0.3 is 0 Å². The average molecular weight is 315 g/mol. The molecule has 0 N–H and O–H groups in total. The Bertz CT molecular complexity index is 524. The van der Waals surface area contributed by atoms with Gasteiger partial charge in [0.2, 0.25) is 0 Å². The van der Waals surface area contributed by atoms with E-state index in [1.807, 2.05) is 5.57 Å². The van der Waals surface area contributed by atoms with Gasteiger partial charge in [0, 0.05) is 0 Å². The van der Waals surface area contributed by atoms with E-state index < -0.39 is 0 Å². The molecule has 0 bridgehead atoms. The molecule has 6 atom stereocenters. The highest BCUT2D eigenvalue weighted by atomic mass is 14.6. The van der Waals surface area contributed by atoms with Crippen molar-refractivity contribution in [2.24, 2.45) is 34.5 Å². The van der Waals surface area contributed by atoms with Gasteiger partial charge in [0.1, 0.15) is 0 Å². The molecule has 0 radical (unpaired) electrons. The van der Waals surface area contributed by atoms with Crippen molar-refractivity contribution in [2.45, 2.75) is 86.5 Å². The lowest BCUT2D eigenvalue weighted by molar-refractivity contribution is 0.0352. The number of allylic oxidation sites excluding steroid dienone is 4. The third kappa shape index (κ3) is 2.30. The fourth-order valence-electron chi connectivity index (χ4n) is 7.07. The van der Waals surface area contributed by atoms with Gasteiger partial charge in [-0.25, -0.2) is 0 Å². The van der Waals surface area contributed by atoms with Gasteiger partial charge in [-0.05, 0) is 92.8 Å². The van der Waals surface area contributed by atoms with Crippen LogP contribution in [0.4, 0.5) is 0 Å². The minimum atomic E-state index is 0. The van der Waals surface area contributed by atoms with E-state index in [9.17, 15) is 0 Å². The second-order valence-corrected chi connectivity index (χ2v) is 9.42. The van der Waals surface area contributed by atoms with E-state index in [4.69, 9.17) is 0 Å². The van der Waals surface area contributed by atoms with E-state index in [1.54, 1.807) is 5.57 Å². The first kappa shape index (κ1) is 17.3. The summed E-state index contributed by atoms with van der Waals surface area (Å²) in [4.78, 5) is 0. The third-order valence-electron chi connectivity index (χ3n) is 8.49. The zero-order valence-electron chi connectivity index (χ0n) is 15.1. The molecule has 6 unspecified atom stereocenters. The smallest absolute Gasteiger partial charge is 0.00479 e. The lowest BCUT2D eigenvalue weighted by Gasteiger charge is -2.56. The van der Waals surface area contributed by atoms with E-state index in [0.717, 1.165) is 23.7 Å². The highest BCUT2D eigenvalue weighted by molar-refractivity contribution is 5.34. The number of hydrogen-bond donors (Lipinski definition) is 0. The van der Waals surface area contributed by atoms with Crippen LogP contribution in [0.15, 0.2) is 23.3 Å². The maximum Gasteiger partial charge on any atom is -0.00479 e. The molecule has 0 aromatic carbocycles. The molecule has 4 aliphatic carbocycles. The van der Waals surface area contributed by atoms with E-state index >= 15 is 0 Å². The molecule has 23 heavy (non-hydrogen) atoms. The fourth-order valence-corrected chi connectivity index (χ4v) is 7.07. The van der Waals surface area contributed by atoms with Crippen molar-refractivity contribution in [3.8, 4) is 0 Å². The van der Waals surface area contributed by atoms with Gasteiger partial charge >= 0.3 is 0 Å². The molecular formula is C23H38. The molecule has 0 nitrogen and oxygen atoms in total. The van der Waals surface area contributed by atoms with Crippen LogP contribution in [0.2, 0.25) is 0 Å². The lowest BCUT2D eigenvalue weighted by atomic mass is 9.48. The van der Waals surface area contributed by atoms with Gasteiger partial charge in [0.15, 0.2) is 0 Å². The molecule has 3 fully saturated rings. The molecule has 4 aliphatic rings. The first-order valence-electron chi connectivity index (χ1n) is 9.85. The summed E-state index contributed by atoms with van der Waals surface area (Å²) in [7, 11) is 0. The quantitative estimate of drug-likeness (QED) is 0.416. The predicted octanol–water partition coefficient (Wildman–Crippen LogP) is 7.17. The molecule has 0 aromatic rings. The summed E-state index contributed by atoms with van der Waals surface area (Å²) in [5, 5.41) is 0. The summed E-state index contributed by atoms with van der Waals surface area (Å²) in [6.07, 6.45) is 16.7. The highest BCUT2D eigenvalue weighted by Gasteiger charge is 2.55. The first-order chi connectivity index (χ1) is 10.5. The lowest BCUT2D eigenvalue weighted by Crippen LogP contribution is -2.46. The van der Waals surface area contributed by atoms with Crippen molar-refractivity contribution in [1.82, 2.24) is 0 Å². The Balaban J connectivity index is 0.00000156. The monoisotopic (exact) mass is 314 g/mol. The van der Waals surface area contributed by atoms with Crippen molar-refractivity contribution in [2.75, 3.05) is 0 Å². The molecular weight excluding hydrogens is 276 g/mol. The normalized spacial score (nSPS) is 50.4. The minimum absolute atomic E-state index is 0. The van der Waals surface area contributed by atoms with Gasteiger partial charge in [0.05, 0.1) is 0 Å². The van der Waals surface area contributed by atoms with Gasteiger partial charge in [-0.2, -0.15) is 0 Å². The van der Waals surface area contributed by atoms with Crippen molar-refractivity contribution < 1.29 is 0 Å². The molecule has 3 saturated carbocycles. The van der Waals surface area contributed by atoms with Gasteiger partial charge in [-0.3, -0.25) is 0 Å². The summed E-state index contributed by atoms with van der Waals surface area (Å²) >= 11 is 0. The Morgan fingerprint density at radius 1 is 1.09 bits per heavy atom. The topological polar surface area (TPSA) is 0 Å². The second-order valence-electron chi connectivity index (χ2n) is 9.42. The maximum atomic E-state index is 2.73. The molecule has 0 aliphatic heterocycles. The fraction of sp³-hybridized carbons (Fsp3) is 0.826. The average Bonchev–Trinajstić information content (AvgIpc) is 2.84. The van der Waals surface area contributed by atoms with E-state index in [-0.39, 0.29) is 7.43 Å². The van der Waals surface area contributed by atoms with Crippen molar-refractivity contribution in [3.05, 3.63) is 23.3 Å². The molecule has 0 aromatic heterocycles. The standard InChI is InChI=1S/C22H34.CH4/c1-5-16-7-9-19-18-8-6-17-14-15(2)10-12-22(17,4)20(18)11-13-21(16,19)3;/h5,11,15,17-19H,6-10,12-14H2,1-4H3;1H4/b16-5-;. The van der Waals surface area contributed by atoms with Crippen LogP contribution < -0.4 is 0 Å². The first-order valence-corrected chi connectivity index (χ1v) is 9.85. The summed E-state index contributed by atoms with van der Waals surface area (Å²) in [5.41, 5.74) is 4.72. The van der Waals surface area contributed by atoms with Crippen LogP contribution in [-0.2, 0) is 0 Å². The van der Waals surface area contributed by atoms with E-state index in [2.05, 4.69) is 39.8 Å². The highest BCUT2D eigenvalue weighted by Crippen LogP contribution is 2.65. The molecule has 130 valence electrons. The maximum absolute atomic E-state index is 2.73. The molecule has 0 amide bonds. The minimum Gasteiger partial charge on any atom is -0.0879 e. The molecule has 0 heterocycles. The zero-order chi connectivity index (χ0) is 15.5. The second kappa shape index (κ2) is 5.78. The van der Waals surface area contributed by atoms with Crippen molar-refractivity contribution in [3.63, 3.8) is 0 Å². The summed E-state index contributed by atoms with van der Waals surface area (Å²) in [6.45, 7) is 9.95. The molecule has 4 rings (SSSR count). The number of rotatable bonds is 0. The van der Waals surface area contributed by atoms with Crippen LogP contribution in [0.5, 0.6) is 0 Å². The summed E-state index contributed by atoms with van der Waals surface area (Å²) < 4.78 is 0. The SMILES string of the molecule is C.C/C=C1/CCC2C3CCC4CC(C)CCC4(C)C3=CCC12C. The summed E-state index contributed by atoms with van der Waals surface area (Å²) in [6, 6.07) is 0. The Kier molecular flexibility index (Phi) is 4.35. The van der Waals surface area contributed by atoms with Crippen LogP contribution >= 0.6 is 0 Å². The Hall–Kier alpha value is -0.520. The molecule has 0 heteroatoms.